The number of aromatic nitrogens is 3. The lowest BCUT2D eigenvalue weighted by atomic mass is 9.91. The van der Waals surface area contributed by atoms with Crippen molar-refractivity contribution >= 4 is 29.3 Å². The van der Waals surface area contributed by atoms with Gasteiger partial charge in [-0.25, -0.2) is 4.98 Å². The topological polar surface area (TPSA) is 152 Å². The number of rotatable bonds is 6. The van der Waals surface area contributed by atoms with Crippen LogP contribution in [0.2, 0.25) is 0 Å². The van der Waals surface area contributed by atoms with E-state index >= 15 is 0 Å². The molecule has 3 heterocycles. The molecule has 0 spiro atoms. The molecule has 6 N–H and O–H groups in total. The molecule has 0 bridgehead atoms. The van der Waals surface area contributed by atoms with E-state index in [0.717, 1.165) is 43.4 Å². The van der Waals surface area contributed by atoms with Crippen LogP contribution >= 0.6 is 0 Å². The second-order valence-corrected chi connectivity index (χ2v) is 9.35. The molecule has 2 aliphatic rings. The fraction of sp³-hybridized carbons (Fsp3) is 0.346. The summed E-state index contributed by atoms with van der Waals surface area (Å²) < 4.78 is 0. The average Bonchev–Trinajstić information content (AvgIpc) is 2.89. The number of carbonyl (C=O) groups excluding carboxylic acids is 2. The Morgan fingerprint density at radius 1 is 1.08 bits per heavy atom. The first-order valence-electron chi connectivity index (χ1n) is 12.2. The van der Waals surface area contributed by atoms with Crippen LogP contribution in [-0.4, -0.2) is 50.3 Å². The lowest BCUT2D eigenvalue weighted by molar-refractivity contribution is 0.0734. The monoisotopic (exact) mass is 486 g/mol. The lowest BCUT2D eigenvalue weighted by Crippen LogP contribution is -2.43. The second kappa shape index (κ2) is 10.3. The van der Waals surface area contributed by atoms with Crippen molar-refractivity contribution in [1.82, 2.24) is 19.9 Å². The molecule has 2 atom stereocenters. The van der Waals surface area contributed by atoms with Crippen molar-refractivity contribution in [3.8, 4) is 0 Å². The van der Waals surface area contributed by atoms with E-state index in [1.165, 1.54) is 11.8 Å². The number of primary amides is 1. The van der Waals surface area contributed by atoms with Crippen LogP contribution in [0.4, 0.5) is 17.5 Å². The maximum Gasteiger partial charge on any atom is 0.255 e. The van der Waals surface area contributed by atoms with Crippen LogP contribution in [0.5, 0.6) is 0 Å². The van der Waals surface area contributed by atoms with Gasteiger partial charge < -0.3 is 27.0 Å². The molecule has 10 heteroatoms. The van der Waals surface area contributed by atoms with Crippen molar-refractivity contribution in [2.24, 2.45) is 11.5 Å². The van der Waals surface area contributed by atoms with E-state index in [4.69, 9.17) is 11.5 Å². The van der Waals surface area contributed by atoms with E-state index in [9.17, 15) is 9.59 Å². The van der Waals surface area contributed by atoms with Gasteiger partial charge in [-0.1, -0.05) is 18.9 Å². The van der Waals surface area contributed by atoms with Crippen LogP contribution in [0, 0.1) is 0 Å². The molecular formula is C26H30N8O2. The van der Waals surface area contributed by atoms with E-state index in [0.29, 0.717) is 30.4 Å². The van der Waals surface area contributed by atoms with Gasteiger partial charge in [0.1, 0.15) is 11.4 Å². The lowest BCUT2D eigenvalue weighted by Gasteiger charge is -2.29. The molecule has 2 unspecified atom stereocenters. The Balaban J connectivity index is 1.36. The van der Waals surface area contributed by atoms with Crippen LogP contribution in [0.3, 0.4) is 0 Å². The highest BCUT2D eigenvalue weighted by atomic mass is 16.2. The van der Waals surface area contributed by atoms with Gasteiger partial charge in [0, 0.05) is 49.5 Å². The third-order valence-electron chi connectivity index (χ3n) is 6.87. The quantitative estimate of drug-likeness (QED) is 0.415. The van der Waals surface area contributed by atoms with Gasteiger partial charge >= 0.3 is 0 Å². The zero-order valence-corrected chi connectivity index (χ0v) is 20.0. The third-order valence-corrected chi connectivity index (χ3v) is 6.87. The maximum absolute atomic E-state index is 12.9. The number of hydrogen-bond donors (Lipinski definition) is 4. The number of benzene rings is 1. The average molecular weight is 487 g/mol. The number of nitrogens with zero attached hydrogens (tertiary/aromatic N) is 4. The maximum atomic E-state index is 12.9. The highest BCUT2D eigenvalue weighted by molar-refractivity contribution is 5.98. The number of pyridine rings is 1. The van der Waals surface area contributed by atoms with E-state index in [1.54, 1.807) is 24.5 Å². The Kier molecular flexibility index (Phi) is 6.77. The zero-order chi connectivity index (χ0) is 25.1. The smallest absolute Gasteiger partial charge is 0.255 e. The summed E-state index contributed by atoms with van der Waals surface area (Å²) in [5.41, 5.74) is 15.6. The van der Waals surface area contributed by atoms with Gasteiger partial charge in [0.15, 0.2) is 0 Å². The summed E-state index contributed by atoms with van der Waals surface area (Å²) in [4.78, 5) is 39.7. The summed E-state index contributed by atoms with van der Waals surface area (Å²) in [6.45, 7) is 1.13. The number of hydrogen-bond acceptors (Lipinski definition) is 8. The number of fused-ring (bicyclic) bond motifs is 1. The predicted molar refractivity (Wildman–Crippen MR) is 137 cm³/mol. The van der Waals surface area contributed by atoms with Gasteiger partial charge in [-0.3, -0.25) is 14.6 Å². The number of amides is 2. The van der Waals surface area contributed by atoms with Crippen molar-refractivity contribution in [3.05, 3.63) is 71.2 Å². The summed E-state index contributed by atoms with van der Waals surface area (Å²) >= 11 is 0. The zero-order valence-electron chi connectivity index (χ0n) is 20.0. The first-order valence-corrected chi connectivity index (χ1v) is 12.2. The molecule has 3 aromatic rings. The van der Waals surface area contributed by atoms with E-state index in [2.05, 4.69) is 25.6 Å². The minimum atomic E-state index is -0.621. The molecule has 1 aliphatic carbocycles. The Morgan fingerprint density at radius 2 is 1.94 bits per heavy atom. The Hall–Kier alpha value is -4.05. The van der Waals surface area contributed by atoms with E-state index < -0.39 is 5.91 Å². The van der Waals surface area contributed by atoms with Gasteiger partial charge in [0.2, 0.25) is 5.95 Å². The van der Waals surface area contributed by atoms with Crippen LogP contribution in [-0.2, 0) is 13.0 Å². The van der Waals surface area contributed by atoms with Crippen LogP contribution in [0.15, 0.2) is 48.9 Å². The van der Waals surface area contributed by atoms with Crippen molar-refractivity contribution in [2.45, 2.75) is 50.7 Å². The van der Waals surface area contributed by atoms with Gasteiger partial charge in [-0.05, 0) is 54.7 Å². The van der Waals surface area contributed by atoms with Gasteiger partial charge in [0.05, 0.1) is 5.56 Å². The normalized spacial score (nSPS) is 19.3. The number of anilines is 3. The number of nitrogens with one attached hydrogen (secondary N) is 2. The first kappa shape index (κ1) is 23.7. The van der Waals surface area contributed by atoms with E-state index in [1.807, 2.05) is 23.1 Å². The van der Waals surface area contributed by atoms with Crippen LogP contribution in [0.25, 0.3) is 0 Å². The predicted octanol–water partition coefficient (Wildman–Crippen LogP) is 2.59. The second-order valence-electron chi connectivity index (χ2n) is 9.35. The van der Waals surface area contributed by atoms with Gasteiger partial charge in [-0.15, -0.1) is 0 Å². The SMILES string of the molecule is NC(=O)c1cnc(NC2CCCCC2N)nc1Nc1ccc2c(c1)CN(C(=O)c1cccnc1)CC2. The van der Waals surface area contributed by atoms with Crippen LogP contribution in [0.1, 0.15) is 57.5 Å². The molecule has 1 aliphatic heterocycles. The summed E-state index contributed by atoms with van der Waals surface area (Å²) in [5.74, 6) is 0.0552. The van der Waals surface area contributed by atoms with Crippen molar-refractivity contribution in [1.29, 1.82) is 0 Å². The molecule has 5 rings (SSSR count). The molecular weight excluding hydrogens is 456 g/mol. The highest BCUT2D eigenvalue weighted by Crippen LogP contribution is 2.27. The number of carbonyl (C=O) groups is 2. The Morgan fingerprint density at radius 3 is 2.72 bits per heavy atom. The third kappa shape index (κ3) is 5.13. The highest BCUT2D eigenvalue weighted by Gasteiger charge is 2.24. The fourth-order valence-corrected chi connectivity index (χ4v) is 4.85. The summed E-state index contributed by atoms with van der Waals surface area (Å²) in [7, 11) is 0. The molecule has 2 aromatic heterocycles. The summed E-state index contributed by atoms with van der Waals surface area (Å²) in [5, 5.41) is 6.55. The molecule has 36 heavy (non-hydrogen) atoms. The molecule has 0 saturated heterocycles. The minimum absolute atomic E-state index is 0.0348. The van der Waals surface area contributed by atoms with Crippen molar-refractivity contribution in [3.63, 3.8) is 0 Å². The molecule has 0 radical (unpaired) electrons. The molecule has 1 saturated carbocycles. The Labute approximate surface area is 209 Å². The standard InChI is InChI=1S/C26H30N8O2/c27-21-5-1-2-6-22(21)32-26-30-14-20(23(28)35)24(33-26)31-19-8-7-16-9-11-34(15-18(16)12-19)25(36)17-4-3-10-29-13-17/h3-4,7-8,10,12-14,21-22H,1-2,5-6,9,11,15,27H2,(H2,28,35)(H2,30,31,32,33). The fourth-order valence-electron chi connectivity index (χ4n) is 4.85. The van der Waals surface area contributed by atoms with Crippen LogP contribution < -0.4 is 22.1 Å². The largest absolute Gasteiger partial charge is 0.365 e. The summed E-state index contributed by atoms with van der Waals surface area (Å²) in [6.07, 6.45) is 9.56. The van der Waals surface area contributed by atoms with Crippen molar-refractivity contribution in [2.75, 3.05) is 17.2 Å². The van der Waals surface area contributed by atoms with Crippen molar-refractivity contribution < 1.29 is 9.59 Å². The first-order chi connectivity index (χ1) is 17.5. The number of nitrogens with two attached hydrogens (primary N) is 2. The van der Waals surface area contributed by atoms with E-state index in [-0.39, 0.29) is 23.6 Å². The molecule has 186 valence electrons. The van der Waals surface area contributed by atoms with Gasteiger partial charge in [-0.2, -0.15) is 4.98 Å². The summed E-state index contributed by atoms with van der Waals surface area (Å²) in [6, 6.07) is 9.61. The Bertz CT molecular complexity index is 1270. The molecule has 1 fully saturated rings. The molecule has 1 aromatic carbocycles. The minimum Gasteiger partial charge on any atom is -0.365 e. The molecule has 10 nitrogen and oxygen atoms in total. The molecule has 2 amide bonds. The van der Waals surface area contributed by atoms with Gasteiger partial charge in [0.25, 0.3) is 11.8 Å².